The van der Waals surface area contributed by atoms with Gasteiger partial charge >= 0.3 is 0 Å². The van der Waals surface area contributed by atoms with Crippen LogP contribution in [0.15, 0.2) is 41.4 Å². The van der Waals surface area contributed by atoms with Gasteiger partial charge in [0.25, 0.3) is 0 Å². The molecule has 0 aliphatic carbocycles. The lowest BCUT2D eigenvalue weighted by Gasteiger charge is -2.05. The summed E-state index contributed by atoms with van der Waals surface area (Å²) >= 11 is 7.60. The van der Waals surface area contributed by atoms with Gasteiger partial charge in [-0.05, 0) is 47.5 Å². The molecule has 0 bridgehead atoms. The molecule has 130 valence electrons. The second kappa shape index (κ2) is 8.34. The van der Waals surface area contributed by atoms with Gasteiger partial charge in [0.05, 0.1) is 23.5 Å². The summed E-state index contributed by atoms with van der Waals surface area (Å²) in [6.45, 7) is 0.814. The number of hydrogen-bond acceptors (Lipinski definition) is 7. The van der Waals surface area contributed by atoms with Crippen molar-refractivity contribution in [1.82, 2.24) is 29.9 Å². The lowest BCUT2D eigenvalue weighted by molar-refractivity contribution is 0.302. The standard InChI is InChI=1S/C15H14ClFN6OS/c16-13-7-10(1-4-14(13)25-19-5-6-24)15-20-22-23(21-15)9-12-3-2-11(17)8-18-12/h1-4,7-8,19,24H,5-6,9H2. The number of rotatable bonds is 7. The van der Waals surface area contributed by atoms with Crippen molar-refractivity contribution in [2.45, 2.75) is 11.4 Å². The molecule has 0 spiro atoms. The van der Waals surface area contributed by atoms with Crippen LogP contribution in [0, 0.1) is 5.82 Å². The average molecular weight is 381 g/mol. The fourth-order valence-corrected chi connectivity index (χ4v) is 2.91. The minimum atomic E-state index is -0.392. The molecule has 0 radical (unpaired) electrons. The molecule has 1 aromatic carbocycles. The van der Waals surface area contributed by atoms with Crippen molar-refractivity contribution in [1.29, 1.82) is 0 Å². The molecule has 0 aliphatic heterocycles. The highest BCUT2D eigenvalue weighted by atomic mass is 35.5. The number of halogens is 2. The number of hydrogen-bond donors (Lipinski definition) is 2. The highest BCUT2D eigenvalue weighted by molar-refractivity contribution is 7.97. The van der Waals surface area contributed by atoms with E-state index in [1.54, 1.807) is 12.1 Å². The molecule has 0 aliphatic rings. The normalized spacial score (nSPS) is 11.0. The molecule has 3 rings (SSSR count). The van der Waals surface area contributed by atoms with Crippen molar-refractivity contribution in [2.24, 2.45) is 0 Å². The van der Waals surface area contributed by atoms with E-state index in [0.29, 0.717) is 29.6 Å². The van der Waals surface area contributed by atoms with Gasteiger partial charge in [-0.25, -0.2) is 4.39 Å². The van der Waals surface area contributed by atoms with Crippen molar-refractivity contribution >= 4 is 23.5 Å². The molecule has 7 nitrogen and oxygen atoms in total. The van der Waals surface area contributed by atoms with Crippen molar-refractivity contribution in [3.05, 3.63) is 53.1 Å². The summed E-state index contributed by atoms with van der Waals surface area (Å²) in [5.41, 5.74) is 1.36. The molecule has 25 heavy (non-hydrogen) atoms. The van der Waals surface area contributed by atoms with Gasteiger partial charge in [-0.1, -0.05) is 11.6 Å². The second-order valence-corrected chi connectivity index (χ2v) is 6.32. The zero-order valence-electron chi connectivity index (χ0n) is 12.9. The third kappa shape index (κ3) is 4.73. The Morgan fingerprint density at radius 1 is 1.28 bits per heavy atom. The molecule has 10 heteroatoms. The predicted octanol–water partition coefficient (Wildman–Crippen LogP) is 2.16. The van der Waals surface area contributed by atoms with E-state index in [1.165, 1.54) is 22.8 Å². The third-order valence-corrected chi connectivity index (χ3v) is 4.48. The summed E-state index contributed by atoms with van der Waals surface area (Å²) in [5, 5.41) is 21.6. The summed E-state index contributed by atoms with van der Waals surface area (Å²) in [6.07, 6.45) is 1.15. The van der Waals surface area contributed by atoms with E-state index in [4.69, 9.17) is 16.7 Å². The van der Waals surface area contributed by atoms with Crippen LogP contribution in [0.3, 0.4) is 0 Å². The molecule has 0 fully saturated rings. The van der Waals surface area contributed by atoms with Gasteiger partial charge in [0.2, 0.25) is 5.82 Å². The van der Waals surface area contributed by atoms with Crippen molar-refractivity contribution < 1.29 is 9.50 Å². The van der Waals surface area contributed by atoms with E-state index in [2.05, 4.69) is 25.1 Å². The topological polar surface area (TPSA) is 88.8 Å². The second-order valence-electron chi connectivity index (χ2n) is 4.98. The largest absolute Gasteiger partial charge is 0.395 e. The van der Waals surface area contributed by atoms with Crippen molar-refractivity contribution in [3.8, 4) is 11.4 Å². The molecule has 2 aromatic heterocycles. The van der Waals surface area contributed by atoms with Crippen LogP contribution in [-0.2, 0) is 6.54 Å². The lowest BCUT2D eigenvalue weighted by Crippen LogP contribution is -2.08. The number of nitrogens with one attached hydrogen (secondary N) is 1. The summed E-state index contributed by atoms with van der Waals surface area (Å²) in [4.78, 5) is 6.18. The van der Waals surface area contributed by atoms with E-state index in [1.807, 2.05) is 12.1 Å². The molecule has 3 aromatic rings. The Morgan fingerprint density at radius 2 is 2.16 bits per heavy atom. The SMILES string of the molecule is OCCNSc1ccc(-c2nnn(Cc3ccc(F)cn3)n2)cc1Cl. The zero-order chi connectivity index (χ0) is 17.6. The average Bonchev–Trinajstić information content (AvgIpc) is 3.07. The fraction of sp³-hybridized carbons (Fsp3) is 0.200. The summed E-state index contributed by atoms with van der Waals surface area (Å²) in [6, 6.07) is 8.34. The van der Waals surface area contributed by atoms with Crippen LogP contribution in [-0.4, -0.2) is 43.4 Å². The maximum atomic E-state index is 12.9. The maximum Gasteiger partial charge on any atom is 0.204 e. The maximum absolute atomic E-state index is 12.9. The first kappa shape index (κ1) is 17.7. The van der Waals surface area contributed by atoms with Crippen LogP contribution in [0.1, 0.15) is 5.69 Å². The van der Waals surface area contributed by atoms with Crippen LogP contribution in [0.4, 0.5) is 4.39 Å². The molecule has 0 atom stereocenters. The van der Waals surface area contributed by atoms with E-state index in [9.17, 15) is 4.39 Å². The lowest BCUT2D eigenvalue weighted by atomic mass is 10.2. The third-order valence-electron chi connectivity index (χ3n) is 3.13. The van der Waals surface area contributed by atoms with Gasteiger partial charge in [0.15, 0.2) is 0 Å². The van der Waals surface area contributed by atoms with Gasteiger partial charge in [-0.15, -0.1) is 10.2 Å². The molecule has 0 saturated carbocycles. The molecule has 0 amide bonds. The molecule has 2 N–H and O–H groups in total. The van der Waals surface area contributed by atoms with Crippen LogP contribution < -0.4 is 4.72 Å². The summed E-state index contributed by atoms with van der Waals surface area (Å²) in [7, 11) is 0. The Labute approximate surface area is 152 Å². The highest BCUT2D eigenvalue weighted by Crippen LogP contribution is 2.28. The number of aromatic nitrogens is 5. The molecule has 0 unspecified atom stereocenters. The van der Waals surface area contributed by atoms with Gasteiger partial charge in [0.1, 0.15) is 12.4 Å². The quantitative estimate of drug-likeness (QED) is 0.479. The molecule has 2 heterocycles. The predicted molar refractivity (Wildman–Crippen MR) is 92.5 cm³/mol. The summed E-state index contributed by atoms with van der Waals surface area (Å²) in [5.74, 6) is 0.0425. The van der Waals surface area contributed by atoms with Crippen molar-refractivity contribution in [3.63, 3.8) is 0 Å². The Bertz CT molecular complexity index is 844. The number of benzene rings is 1. The van der Waals surface area contributed by atoms with Crippen LogP contribution in [0.5, 0.6) is 0 Å². The number of aliphatic hydroxyl groups excluding tert-OH is 1. The zero-order valence-corrected chi connectivity index (χ0v) is 14.5. The first-order valence-corrected chi connectivity index (χ1v) is 8.54. The van der Waals surface area contributed by atoms with Gasteiger partial charge in [-0.3, -0.25) is 9.71 Å². The number of nitrogens with zero attached hydrogens (tertiary/aromatic N) is 5. The summed E-state index contributed by atoms with van der Waals surface area (Å²) < 4.78 is 15.9. The first-order valence-electron chi connectivity index (χ1n) is 7.34. The van der Waals surface area contributed by atoms with Crippen LogP contribution in [0.25, 0.3) is 11.4 Å². The van der Waals surface area contributed by atoms with E-state index >= 15 is 0 Å². The van der Waals surface area contributed by atoms with Gasteiger partial charge in [-0.2, -0.15) is 4.80 Å². The fourth-order valence-electron chi connectivity index (χ4n) is 1.97. The minimum absolute atomic E-state index is 0.0542. The molecule has 0 saturated heterocycles. The van der Waals surface area contributed by atoms with E-state index in [-0.39, 0.29) is 6.61 Å². The Morgan fingerprint density at radius 3 is 2.88 bits per heavy atom. The van der Waals surface area contributed by atoms with E-state index in [0.717, 1.165) is 16.7 Å². The van der Waals surface area contributed by atoms with Crippen molar-refractivity contribution in [2.75, 3.05) is 13.2 Å². The number of aliphatic hydroxyl groups is 1. The first-order chi connectivity index (χ1) is 12.2. The highest BCUT2D eigenvalue weighted by Gasteiger charge is 2.10. The Hall–Kier alpha value is -2.07. The Balaban J connectivity index is 1.71. The Kier molecular flexibility index (Phi) is 5.92. The van der Waals surface area contributed by atoms with Crippen LogP contribution in [0.2, 0.25) is 5.02 Å². The molecular formula is C15H14ClFN6OS. The van der Waals surface area contributed by atoms with E-state index < -0.39 is 5.82 Å². The van der Waals surface area contributed by atoms with Crippen LogP contribution >= 0.6 is 23.5 Å². The molecular weight excluding hydrogens is 367 g/mol. The minimum Gasteiger partial charge on any atom is -0.395 e. The number of tetrazole rings is 1. The van der Waals surface area contributed by atoms with Gasteiger partial charge in [0, 0.05) is 17.0 Å². The monoisotopic (exact) mass is 380 g/mol. The van der Waals surface area contributed by atoms with Gasteiger partial charge < -0.3 is 5.11 Å². The smallest absolute Gasteiger partial charge is 0.204 e. The number of pyridine rings is 1.